The molecule has 2 bridgehead atoms. The molecular weight excluding hydrogens is 202 g/mol. The lowest BCUT2D eigenvalue weighted by Crippen LogP contribution is -2.12. The molecule has 3 nitrogen and oxygen atoms in total. The van der Waals surface area contributed by atoms with Crippen LogP contribution in [0.25, 0.3) is 0 Å². The van der Waals surface area contributed by atoms with Gasteiger partial charge in [0.25, 0.3) is 0 Å². The highest BCUT2D eigenvalue weighted by Gasteiger charge is 2.45. The van der Waals surface area contributed by atoms with Gasteiger partial charge in [-0.3, -0.25) is 4.90 Å². The van der Waals surface area contributed by atoms with Gasteiger partial charge in [0.05, 0.1) is 14.2 Å². The minimum atomic E-state index is -0.423. The number of ether oxygens (including phenoxy) is 2. The molecule has 3 rings (SSSR count). The second-order valence-corrected chi connectivity index (χ2v) is 4.24. The smallest absolute Gasteiger partial charge is 0.124 e. The number of fused-ring (bicyclic) bond motifs is 5. The van der Waals surface area contributed by atoms with Crippen molar-refractivity contribution in [3.8, 4) is 11.5 Å². The standard InChI is InChI=1S/C13H17NO2/c1-14-8-4-5-9(14)13-11(16-3)7-6-10(15-2)12(8)13/h6-9H,4-5H2,1-3H3/t8-,9+/i4D,5D/t4-,5+,8-,9+. The summed E-state index contributed by atoms with van der Waals surface area (Å²) >= 11 is 0. The first-order valence-corrected chi connectivity index (χ1v) is 5.43. The van der Waals surface area contributed by atoms with Crippen LogP contribution in [-0.2, 0) is 0 Å². The van der Waals surface area contributed by atoms with Crippen molar-refractivity contribution in [2.24, 2.45) is 0 Å². The minimum absolute atomic E-state index is 0.0578. The van der Waals surface area contributed by atoms with Gasteiger partial charge in [-0.05, 0) is 32.0 Å². The average molecular weight is 221 g/mol. The summed E-state index contributed by atoms with van der Waals surface area (Å²) in [6.45, 7) is 0. The second kappa shape index (κ2) is 3.39. The van der Waals surface area contributed by atoms with Gasteiger partial charge in [-0.15, -0.1) is 0 Å². The van der Waals surface area contributed by atoms with E-state index in [0.717, 1.165) is 22.6 Å². The summed E-state index contributed by atoms with van der Waals surface area (Å²) in [4.78, 5) is 2.10. The van der Waals surface area contributed by atoms with E-state index in [9.17, 15) is 0 Å². The molecule has 0 aromatic heterocycles. The largest absolute Gasteiger partial charge is 0.496 e. The fourth-order valence-corrected chi connectivity index (χ4v) is 2.82. The SMILES string of the molecule is [2H][C@@H]1[C@H]([2H])[C@H]2c3c(OC)ccc(OC)c3[C@@H]1N2C. The van der Waals surface area contributed by atoms with Crippen LogP contribution in [0.4, 0.5) is 0 Å². The van der Waals surface area contributed by atoms with Gasteiger partial charge in [-0.1, -0.05) is 0 Å². The van der Waals surface area contributed by atoms with Gasteiger partial charge in [-0.25, -0.2) is 0 Å². The Morgan fingerprint density at radius 2 is 1.56 bits per heavy atom. The van der Waals surface area contributed by atoms with E-state index in [4.69, 9.17) is 12.2 Å². The molecule has 3 heteroatoms. The van der Waals surface area contributed by atoms with Gasteiger partial charge < -0.3 is 9.47 Å². The van der Waals surface area contributed by atoms with Gasteiger partial charge in [-0.2, -0.15) is 0 Å². The maximum absolute atomic E-state index is 8.16. The van der Waals surface area contributed by atoms with Crippen LogP contribution in [0.5, 0.6) is 11.5 Å². The highest BCUT2D eigenvalue weighted by molar-refractivity contribution is 5.56. The number of benzene rings is 1. The number of methoxy groups -OCH3 is 2. The van der Waals surface area contributed by atoms with E-state index >= 15 is 0 Å². The molecule has 2 aliphatic rings. The molecule has 0 radical (unpaired) electrons. The van der Waals surface area contributed by atoms with Crippen LogP contribution in [0.1, 0.15) is 38.7 Å². The first kappa shape index (κ1) is 7.96. The van der Waals surface area contributed by atoms with Crippen LogP contribution in [-0.4, -0.2) is 26.2 Å². The molecule has 1 fully saturated rings. The predicted molar refractivity (Wildman–Crippen MR) is 62.0 cm³/mol. The van der Waals surface area contributed by atoms with Crippen molar-refractivity contribution in [2.45, 2.75) is 24.9 Å². The predicted octanol–water partition coefficient (Wildman–Crippen LogP) is 2.53. The summed E-state index contributed by atoms with van der Waals surface area (Å²) in [7, 11) is 5.26. The second-order valence-electron chi connectivity index (χ2n) is 4.24. The van der Waals surface area contributed by atoms with E-state index in [-0.39, 0.29) is 12.1 Å². The van der Waals surface area contributed by atoms with Crippen molar-refractivity contribution in [3.63, 3.8) is 0 Å². The zero-order valence-electron chi connectivity index (χ0n) is 11.7. The zero-order chi connectivity index (χ0) is 13.0. The third kappa shape index (κ3) is 1.07. The van der Waals surface area contributed by atoms with Crippen LogP contribution in [0.2, 0.25) is 0 Å². The number of nitrogens with zero attached hydrogens (tertiary/aromatic N) is 1. The number of hydrogen-bond acceptors (Lipinski definition) is 3. The summed E-state index contributed by atoms with van der Waals surface area (Å²) in [6.07, 6.45) is -0.845. The maximum atomic E-state index is 8.16. The van der Waals surface area contributed by atoms with E-state index in [1.807, 2.05) is 19.2 Å². The lowest BCUT2D eigenvalue weighted by atomic mass is 9.90. The number of rotatable bonds is 2. The van der Waals surface area contributed by atoms with Gasteiger partial charge >= 0.3 is 0 Å². The molecule has 16 heavy (non-hydrogen) atoms. The topological polar surface area (TPSA) is 21.7 Å². The molecule has 4 atom stereocenters. The third-order valence-corrected chi connectivity index (χ3v) is 3.59. The Labute approximate surface area is 98.8 Å². The Hall–Kier alpha value is -1.22. The summed E-state index contributed by atoms with van der Waals surface area (Å²) in [6, 6.07) is 3.66. The van der Waals surface area contributed by atoms with Crippen LogP contribution < -0.4 is 9.47 Å². The fourth-order valence-electron chi connectivity index (χ4n) is 2.82. The molecule has 0 amide bonds. The van der Waals surface area contributed by atoms with Crippen molar-refractivity contribution in [1.82, 2.24) is 4.90 Å². The van der Waals surface area contributed by atoms with Crippen molar-refractivity contribution in [3.05, 3.63) is 23.3 Å². The summed E-state index contributed by atoms with van der Waals surface area (Å²) in [5, 5.41) is 0. The summed E-state index contributed by atoms with van der Waals surface area (Å²) in [5.41, 5.74) is 2.07. The van der Waals surface area contributed by atoms with E-state index in [2.05, 4.69) is 4.90 Å². The normalized spacial score (nSPS) is 37.9. The molecular formula is C13H17NO2. The Kier molecular flexibility index (Phi) is 1.68. The summed E-state index contributed by atoms with van der Waals surface area (Å²) in [5.74, 6) is 1.60. The molecule has 0 N–H and O–H groups in total. The zero-order valence-corrected chi connectivity index (χ0v) is 9.73. The fraction of sp³-hybridized carbons (Fsp3) is 0.538. The van der Waals surface area contributed by atoms with E-state index in [1.165, 1.54) is 0 Å². The molecule has 0 unspecified atom stereocenters. The highest BCUT2D eigenvalue weighted by Crippen LogP contribution is 2.57. The minimum Gasteiger partial charge on any atom is -0.496 e. The van der Waals surface area contributed by atoms with E-state index in [1.54, 1.807) is 14.2 Å². The lowest BCUT2D eigenvalue weighted by Gasteiger charge is -2.19. The highest BCUT2D eigenvalue weighted by atomic mass is 16.5. The van der Waals surface area contributed by atoms with Gasteiger partial charge in [0.15, 0.2) is 0 Å². The van der Waals surface area contributed by atoms with E-state index in [0.29, 0.717) is 0 Å². The molecule has 1 saturated heterocycles. The van der Waals surface area contributed by atoms with Gasteiger partial charge in [0.1, 0.15) is 11.5 Å². The van der Waals surface area contributed by atoms with Crippen LogP contribution in [0, 0.1) is 0 Å². The average Bonchev–Trinajstić information content (AvgIpc) is 2.78. The molecule has 1 aromatic rings. The van der Waals surface area contributed by atoms with Crippen molar-refractivity contribution >= 4 is 0 Å². The Balaban J connectivity index is 2.24. The van der Waals surface area contributed by atoms with Gasteiger partial charge in [0, 0.05) is 26.0 Å². The van der Waals surface area contributed by atoms with Crippen LogP contribution in [0.3, 0.4) is 0 Å². The first-order valence-electron chi connectivity index (χ1n) is 6.58. The Bertz CT molecular complexity index is 451. The van der Waals surface area contributed by atoms with Crippen molar-refractivity contribution in [1.29, 1.82) is 0 Å². The quantitative estimate of drug-likeness (QED) is 0.766. The van der Waals surface area contributed by atoms with Crippen molar-refractivity contribution < 1.29 is 12.2 Å². The molecule has 0 saturated carbocycles. The maximum Gasteiger partial charge on any atom is 0.124 e. The Morgan fingerprint density at radius 1 is 1.12 bits per heavy atom. The molecule has 86 valence electrons. The van der Waals surface area contributed by atoms with Crippen LogP contribution >= 0.6 is 0 Å². The monoisotopic (exact) mass is 221 g/mol. The molecule has 0 aliphatic carbocycles. The first-order chi connectivity index (χ1) is 8.61. The van der Waals surface area contributed by atoms with Gasteiger partial charge in [0.2, 0.25) is 0 Å². The van der Waals surface area contributed by atoms with E-state index < -0.39 is 12.8 Å². The molecule has 2 heterocycles. The molecule has 0 spiro atoms. The number of hydrogen-bond donors (Lipinski definition) is 0. The molecule has 2 aliphatic heterocycles. The lowest BCUT2D eigenvalue weighted by molar-refractivity contribution is 0.274. The Morgan fingerprint density at radius 3 is 1.94 bits per heavy atom. The third-order valence-electron chi connectivity index (χ3n) is 3.59. The molecule has 1 aromatic carbocycles. The van der Waals surface area contributed by atoms with Crippen molar-refractivity contribution in [2.75, 3.05) is 21.3 Å². The van der Waals surface area contributed by atoms with Crippen LogP contribution in [0.15, 0.2) is 12.1 Å². The summed E-state index contributed by atoms with van der Waals surface area (Å²) < 4.78 is 27.1.